The van der Waals surface area contributed by atoms with Crippen LogP contribution in [0.25, 0.3) is 0 Å². The largest absolute Gasteiger partial charge is 0.496 e. The number of para-hydroxylation sites is 1. The van der Waals surface area contributed by atoms with Crippen molar-refractivity contribution in [3.63, 3.8) is 0 Å². The van der Waals surface area contributed by atoms with Gasteiger partial charge in [-0.3, -0.25) is 9.59 Å². The first-order valence-electron chi connectivity index (χ1n) is 9.91. The lowest BCUT2D eigenvalue weighted by Gasteiger charge is -2.27. The smallest absolute Gasteiger partial charge is 0.223 e. The van der Waals surface area contributed by atoms with Crippen LogP contribution in [0.1, 0.15) is 63.0 Å². The molecule has 0 N–H and O–H groups in total. The summed E-state index contributed by atoms with van der Waals surface area (Å²) in [7, 11) is 1.67. The van der Waals surface area contributed by atoms with Gasteiger partial charge in [0, 0.05) is 38.0 Å². The second-order valence-corrected chi connectivity index (χ2v) is 7.28. The Morgan fingerprint density at radius 1 is 0.962 bits per heavy atom. The van der Waals surface area contributed by atoms with Crippen LogP contribution in [-0.2, 0) is 9.59 Å². The summed E-state index contributed by atoms with van der Waals surface area (Å²) in [4.78, 5) is 29.1. The van der Waals surface area contributed by atoms with Crippen molar-refractivity contribution >= 4 is 11.8 Å². The molecule has 142 valence electrons. The maximum absolute atomic E-state index is 12.8. The average molecular weight is 358 g/mol. The quantitative estimate of drug-likeness (QED) is 0.809. The van der Waals surface area contributed by atoms with Crippen LogP contribution in [0.15, 0.2) is 24.3 Å². The van der Waals surface area contributed by atoms with Crippen molar-refractivity contribution in [3.8, 4) is 5.75 Å². The van der Waals surface area contributed by atoms with Gasteiger partial charge in [-0.05, 0) is 31.7 Å². The topological polar surface area (TPSA) is 49.9 Å². The Kier molecular flexibility index (Phi) is 6.53. The van der Waals surface area contributed by atoms with Gasteiger partial charge in [-0.25, -0.2) is 0 Å². The van der Waals surface area contributed by atoms with Gasteiger partial charge in [0.25, 0.3) is 0 Å². The van der Waals surface area contributed by atoms with E-state index in [1.807, 2.05) is 34.1 Å². The van der Waals surface area contributed by atoms with E-state index in [2.05, 4.69) is 0 Å². The van der Waals surface area contributed by atoms with Crippen LogP contribution >= 0.6 is 0 Å². The molecule has 2 fully saturated rings. The molecule has 1 aromatic rings. The minimum Gasteiger partial charge on any atom is -0.496 e. The highest BCUT2D eigenvalue weighted by Gasteiger charge is 2.31. The molecule has 2 heterocycles. The van der Waals surface area contributed by atoms with Crippen molar-refractivity contribution in [1.82, 2.24) is 9.80 Å². The molecule has 2 aliphatic heterocycles. The zero-order valence-corrected chi connectivity index (χ0v) is 15.8. The molecule has 2 saturated heterocycles. The molecule has 0 saturated carbocycles. The second-order valence-electron chi connectivity index (χ2n) is 7.28. The summed E-state index contributed by atoms with van der Waals surface area (Å²) in [6, 6.07) is 7.98. The maximum atomic E-state index is 12.8. The van der Waals surface area contributed by atoms with E-state index in [0.29, 0.717) is 12.8 Å². The molecule has 2 amide bonds. The highest BCUT2D eigenvalue weighted by molar-refractivity contribution is 5.84. The van der Waals surface area contributed by atoms with Crippen LogP contribution in [0.2, 0.25) is 0 Å². The van der Waals surface area contributed by atoms with Gasteiger partial charge in [0.2, 0.25) is 11.8 Å². The number of ether oxygens (including phenoxy) is 1. The predicted molar refractivity (Wildman–Crippen MR) is 101 cm³/mol. The van der Waals surface area contributed by atoms with Crippen molar-refractivity contribution < 1.29 is 14.3 Å². The molecule has 0 aromatic heterocycles. The van der Waals surface area contributed by atoms with E-state index in [1.165, 1.54) is 12.8 Å². The summed E-state index contributed by atoms with van der Waals surface area (Å²) in [6.07, 6.45) is 7.16. The Balaban J connectivity index is 1.59. The molecule has 0 radical (unpaired) electrons. The number of amides is 2. The Morgan fingerprint density at radius 3 is 2.38 bits per heavy atom. The summed E-state index contributed by atoms with van der Waals surface area (Å²) in [5, 5.41) is 0. The summed E-state index contributed by atoms with van der Waals surface area (Å²) in [5.41, 5.74) is 1.07. The summed E-state index contributed by atoms with van der Waals surface area (Å²) in [6.45, 7) is 2.46. The van der Waals surface area contributed by atoms with E-state index in [9.17, 15) is 9.59 Å². The third-order valence-corrected chi connectivity index (χ3v) is 5.58. The second kappa shape index (κ2) is 9.06. The average Bonchev–Trinajstić information content (AvgIpc) is 3.00. The molecule has 1 atom stereocenters. The Bertz CT molecular complexity index is 623. The lowest BCUT2D eigenvalue weighted by Crippen LogP contribution is -2.34. The Hall–Kier alpha value is -2.04. The van der Waals surface area contributed by atoms with Crippen LogP contribution in [0, 0.1) is 0 Å². The molecule has 5 heteroatoms. The zero-order valence-electron chi connectivity index (χ0n) is 15.8. The van der Waals surface area contributed by atoms with Crippen molar-refractivity contribution in [2.24, 2.45) is 0 Å². The number of nitrogens with zero attached hydrogens (tertiary/aromatic N) is 2. The van der Waals surface area contributed by atoms with Crippen molar-refractivity contribution in [1.29, 1.82) is 0 Å². The minimum atomic E-state index is 0.0620. The zero-order chi connectivity index (χ0) is 18.4. The number of methoxy groups -OCH3 is 1. The molecule has 0 aliphatic carbocycles. The third-order valence-electron chi connectivity index (χ3n) is 5.58. The van der Waals surface area contributed by atoms with Gasteiger partial charge >= 0.3 is 0 Å². The fourth-order valence-electron chi connectivity index (χ4n) is 4.17. The van der Waals surface area contributed by atoms with Crippen molar-refractivity contribution in [2.75, 3.05) is 26.7 Å². The van der Waals surface area contributed by atoms with Crippen molar-refractivity contribution in [3.05, 3.63) is 29.8 Å². The number of likely N-dealkylation sites (tertiary alicyclic amines) is 2. The number of carbonyl (C=O) groups excluding carboxylic acids is 2. The van der Waals surface area contributed by atoms with E-state index in [-0.39, 0.29) is 17.9 Å². The summed E-state index contributed by atoms with van der Waals surface area (Å²) in [5.74, 6) is 1.05. The fourth-order valence-corrected chi connectivity index (χ4v) is 4.17. The predicted octanol–water partition coefficient (Wildman–Crippen LogP) is 3.54. The molecule has 0 spiro atoms. The van der Waals surface area contributed by atoms with Gasteiger partial charge in [-0.1, -0.05) is 31.0 Å². The lowest BCUT2D eigenvalue weighted by atomic mass is 10.0. The molecular weight excluding hydrogens is 328 g/mol. The number of carbonyl (C=O) groups is 2. The Morgan fingerprint density at radius 2 is 1.65 bits per heavy atom. The maximum Gasteiger partial charge on any atom is 0.223 e. The van der Waals surface area contributed by atoms with Gasteiger partial charge in [-0.2, -0.15) is 0 Å². The first kappa shape index (κ1) is 18.7. The van der Waals surface area contributed by atoms with E-state index in [1.54, 1.807) is 7.11 Å². The number of hydrogen-bond acceptors (Lipinski definition) is 3. The first-order valence-corrected chi connectivity index (χ1v) is 9.91. The normalized spacial score (nSPS) is 20.7. The number of benzene rings is 1. The molecule has 26 heavy (non-hydrogen) atoms. The van der Waals surface area contributed by atoms with Gasteiger partial charge in [0.15, 0.2) is 0 Å². The van der Waals surface area contributed by atoms with Gasteiger partial charge in [0.1, 0.15) is 5.75 Å². The molecule has 0 bridgehead atoms. The minimum absolute atomic E-state index is 0.0620. The molecule has 2 aliphatic rings. The van der Waals surface area contributed by atoms with E-state index >= 15 is 0 Å². The van der Waals surface area contributed by atoms with E-state index < -0.39 is 0 Å². The first-order chi connectivity index (χ1) is 12.7. The van der Waals surface area contributed by atoms with Crippen LogP contribution in [-0.4, -0.2) is 48.4 Å². The number of rotatable bonds is 5. The Labute approximate surface area is 156 Å². The summed E-state index contributed by atoms with van der Waals surface area (Å²) >= 11 is 0. The van der Waals surface area contributed by atoms with E-state index in [4.69, 9.17) is 4.74 Å². The standard InChI is InChI=1S/C21H30N2O3/c1-26-19-11-5-4-9-17(19)18-10-8-16-23(18)21(25)13-12-20(24)22-14-6-2-3-7-15-22/h4-5,9,11,18H,2-3,6-8,10,12-16H2,1H3/t18-/m1/s1. The van der Waals surface area contributed by atoms with Crippen LogP contribution in [0.3, 0.4) is 0 Å². The van der Waals surface area contributed by atoms with Gasteiger partial charge in [-0.15, -0.1) is 0 Å². The number of hydrogen-bond donors (Lipinski definition) is 0. The lowest BCUT2D eigenvalue weighted by molar-refractivity contribution is -0.137. The van der Waals surface area contributed by atoms with Gasteiger partial charge in [0.05, 0.1) is 13.2 Å². The SMILES string of the molecule is COc1ccccc1[C@H]1CCCN1C(=O)CCC(=O)N1CCCCCC1. The van der Waals surface area contributed by atoms with Crippen LogP contribution in [0.5, 0.6) is 5.75 Å². The van der Waals surface area contributed by atoms with E-state index in [0.717, 1.165) is 56.6 Å². The summed E-state index contributed by atoms with van der Waals surface area (Å²) < 4.78 is 5.48. The molecule has 1 aromatic carbocycles. The van der Waals surface area contributed by atoms with Gasteiger partial charge < -0.3 is 14.5 Å². The molecule has 5 nitrogen and oxygen atoms in total. The van der Waals surface area contributed by atoms with Crippen LogP contribution < -0.4 is 4.74 Å². The highest BCUT2D eigenvalue weighted by atomic mass is 16.5. The molecular formula is C21H30N2O3. The fraction of sp³-hybridized carbons (Fsp3) is 0.619. The molecule has 3 rings (SSSR count). The monoisotopic (exact) mass is 358 g/mol. The van der Waals surface area contributed by atoms with Crippen LogP contribution in [0.4, 0.5) is 0 Å². The molecule has 0 unspecified atom stereocenters. The highest BCUT2D eigenvalue weighted by Crippen LogP contribution is 2.37. The third kappa shape index (κ3) is 4.37. The van der Waals surface area contributed by atoms with Crippen molar-refractivity contribution in [2.45, 2.75) is 57.4 Å².